The molecule has 1 aliphatic rings. The zero-order valence-corrected chi connectivity index (χ0v) is 10.4. The molecule has 0 bridgehead atoms. The van der Waals surface area contributed by atoms with E-state index in [0.29, 0.717) is 5.25 Å². The number of aryl methyl sites for hydroxylation is 1. The average Bonchev–Trinajstić information content (AvgIpc) is 2.92. The number of nitrogens with one attached hydrogen (secondary N) is 1. The highest BCUT2D eigenvalue weighted by atomic mass is 32.2. The topological polar surface area (TPSA) is 68.8 Å². The molecule has 0 radical (unpaired) electrons. The Balaban J connectivity index is 2.15. The summed E-state index contributed by atoms with van der Waals surface area (Å²) in [5.41, 5.74) is 4.04. The van der Waals surface area contributed by atoms with E-state index in [1.165, 1.54) is 18.6 Å². The van der Waals surface area contributed by atoms with E-state index in [1.54, 1.807) is 0 Å². The van der Waals surface area contributed by atoms with E-state index < -0.39 is 0 Å². The number of hydrazine groups is 1. The summed E-state index contributed by atoms with van der Waals surface area (Å²) in [6.07, 6.45) is 5.39. The second-order valence-electron chi connectivity index (χ2n) is 4.08. The number of thioether (sulfide) groups is 1. The van der Waals surface area contributed by atoms with E-state index in [2.05, 4.69) is 22.7 Å². The maximum atomic E-state index is 5.68. The van der Waals surface area contributed by atoms with Crippen LogP contribution in [-0.4, -0.2) is 26.0 Å². The summed E-state index contributed by atoms with van der Waals surface area (Å²) in [7, 11) is 0. The molecule has 1 aromatic heterocycles. The first kappa shape index (κ1) is 11.9. The molecule has 0 saturated carbocycles. The van der Waals surface area contributed by atoms with Gasteiger partial charge in [0, 0.05) is 11.8 Å². The number of nitrogens with zero attached hydrogens (tertiary/aromatic N) is 3. The minimum absolute atomic E-state index is 0.175. The molecule has 2 rings (SSSR count). The fraction of sp³-hybridized carbons (Fsp3) is 0.800. The van der Waals surface area contributed by atoms with E-state index in [0.717, 1.165) is 18.7 Å². The Morgan fingerprint density at radius 2 is 2.62 bits per heavy atom. The highest BCUT2D eigenvalue weighted by Crippen LogP contribution is 2.35. The van der Waals surface area contributed by atoms with Gasteiger partial charge >= 0.3 is 0 Å². The predicted molar refractivity (Wildman–Crippen MR) is 65.9 cm³/mol. The molecule has 3 N–H and O–H groups in total. The van der Waals surface area contributed by atoms with Gasteiger partial charge in [0.15, 0.2) is 0 Å². The molecule has 1 fully saturated rings. The summed E-state index contributed by atoms with van der Waals surface area (Å²) in [6, 6.07) is 0.175. The summed E-state index contributed by atoms with van der Waals surface area (Å²) in [5, 5.41) is 8.65. The largest absolute Gasteiger partial charge is 0.271 e. The van der Waals surface area contributed by atoms with Gasteiger partial charge in [-0.3, -0.25) is 11.3 Å². The monoisotopic (exact) mass is 241 g/mol. The Morgan fingerprint density at radius 1 is 1.75 bits per heavy atom. The van der Waals surface area contributed by atoms with Crippen molar-refractivity contribution in [3.63, 3.8) is 0 Å². The van der Waals surface area contributed by atoms with Crippen LogP contribution in [0.2, 0.25) is 0 Å². The van der Waals surface area contributed by atoms with Crippen molar-refractivity contribution >= 4 is 11.8 Å². The molecular weight excluding hydrogens is 222 g/mol. The number of hydrogen-bond acceptors (Lipinski definition) is 5. The van der Waals surface area contributed by atoms with Crippen LogP contribution in [0.15, 0.2) is 6.20 Å². The van der Waals surface area contributed by atoms with Crippen LogP contribution in [0.5, 0.6) is 0 Å². The first-order chi connectivity index (χ1) is 7.86. The minimum atomic E-state index is 0.175. The molecule has 0 aromatic carbocycles. The number of aromatic nitrogens is 3. The lowest BCUT2D eigenvalue weighted by molar-refractivity contribution is 0.458. The highest BCUT2D eigenvalue weighted by Gasteiger charge is 2.28. The molecule has 0 aliphatic carbocycles. The van der Waals surface area contributed by atoms with Gasteiger partial charge in [0.2, 0.25) is 0 Å². The molecule has 0 spiro atoms. The second kappa shape index (κ2) is 5.65. The van der Waals surface area contributed by atoms with E-state index in [4.69, 9.17) is 5.84 Å². The summed E-state index contributed by atoms with van der Waals surface area (Å²) >= 11 is 1.99. The van der Waals surface area contributed by atoms with Crippen molar-refractivity contribution in [2.75, 3.05) is 5.75 Å². The third kappa shape index (κ3) is 2.39. The summed E-state index contributed by atoms with van der Waals surface area (Å²) in [4.78, 5) is 0. The van der Waals surface area contributed by atoms with Gasteiger partial charge in [0.05, 0.1) is 17.9 Å². The van der Waals surface area contributed by atoms with Gasteiger partial charge in [0.25, 0.3) is 0 Å². The van der Waals surface area contributed by atoms with Crippen molar-refractivity contribution in [1.82, 2.24) is 20.4 Å². The van der Waals surface area contributed by atoms with Gasteiger partial charge in [-0.05, 0) is 25.0 Å². The molecule has 1 saturated heterocycles. The summed E-state index contributed by atoms with van der Waals surface area (Å²) in [5.74, 6) is 6.91. The maximum absolute atomic E-state index is 5.68. The number of hydrogen-bond donors (Lipinski definition) is 2. The smallest absolute Gasteiger partial charge is 0.0781 e. The van der Waals surface area contributed by atoms with E-state index in [9.17, 15) is 0 Å². The Morgan fingerprint density at radius 3 is 3.25 bits per heavy atom. The van der Waals surface area contributed by atoms with Crippen LogP contribution in [-0.2, 0) is 6.54 Å². The van der Waals surface area contributed by atoms with Crippen molar-refractivity contribution in [3.8, 4) is 0 Å². The van der Waals surface area contributed by atoms with E-state index in [1.807, 2.05) is 22.6 Å². The zero-order valence-electron chi connectivity index (χ0n) is 9.59. The highest BCUT2D eigenvalue weighted by molar-refractivity contribution is 8.00. The van der Waals surface area contributed by atoms with Crippen molar-refractivity contribution in [2.45, 2.75) is 44.0 Å². The first-order valence-corrected chi connectivity index (χ1v) is 6.87. The van der Waals surface area contributed by atoms with Crippen LogP contribution in [0.4, 0.5) is 0 Å². The molecule has 2 unspecified atom stereocenters. The van der Waals surface area contributed by atoms with Crippen molar-refractivity contribution in [1.29, 1.82) is 0 Å². The number of rotatable bonds is 5. The van der Waals surface area contributed by atoms with Gasteiger partial charge in [-0.1, -0.05) is 12.1 Å². The van der Waals surface area contributed by atoms with E-state index >= 15 is 0 Å². The fourth-order valence-corrected chi connectivity index (χ4v) is 3.52. The minimum Gasteiger partial charge on any atom is -0.271 e. The van der Waals surface area contributed by atoms with Gasteiger partial charge in [0.1, 0.15) is 0 Å². The summed E-state index contributed by atoms with van der Waals surface area (Å²) in [6.45, 7) is 3.05. The average molecular weight is 241 g/mol. The Bertz CT molecular complexity index is 321. The Kier molecular flexibility index (Phi) is 4.20. The third-order valence-corrected chi connectivity index (χ3v) is 4.38. The molecule has 90 valence electrons. The quantitative estimate of drug-likeness (QED) is 0.596. The van der Waals surface area contributed by atoms with Gasteiger partial charge in [-0.15, -0.1) is 5.10 Å². The molecule has 0 amide bonds. The Hall–Kier alpha value is -0.590. The second-order valence-corrected chi connectivity index (χ2v) is 5.42. The fourth-order valence-electron chi connectivity index (χ4n) is 2.14. The van der Waals surface area contributed by atoms with Gasteiger partial charge < -0.3 is 0 Å². The van der Waals surface area contributed by atoms with Crippen molar-refractivity contribution < 1.29 is 0 Å². The van der Waals surface area contributed by atoms with Crippen LogP contribution in [0.1, 0.15) is 37.9 Å². The molecule has 1 aromatic rings. The molecule has 6 heteroatoms. The summed E-state index contributed by atoms with van der Waals surface area (Å²) < 4.78 is 1.96. The van der Waals surface area contributed by atoms with Crippen molar-refractivity contribution in [3.05, 3.63) is 11.9 Å². The van der Waals surface area contributed by atoms with Crippen LogP contribution < -0.4 is 11.3 Å². The molecule has 16 heavy (non-hydrogen) atoms. The number of nitrogens with two attached hydrogens (primary N) is 1. The van der Waals surface area contributed by atoms with E-state index in [-0.39, 0.29) is 6.04 Å². The maximum Gasteiger partial charge on any atom is 0.0781 e. The molecule has 1 aliphatic heterocycles. The first-order valence-electron chi connectivity index (χ1n) is 5.83. The lowest BCUT2D eigenvalue weighted by atomic mass is 10.1. The molecule has 2 atom stereocenters. The normalized spacial score (nSPS) is 22.5. The molecule has 5 nitrogen and oxygen atoms in total. The third-order valence-electron chi connectivity index (χ3n) is 2.92. The van der Waals surface area contributed by atoms with Gasteiger partial charge in [-0.25, -0.2) is 4.68 Å². The predicted octanol–water partition coefficient (Wildman–Crippen LogP) is 1.09. The lowest BCUT2D eigenvalue weighted by Crippen LogP contribution is -2.35. The van der Waals surface area contributed by atoms with Crippen LogP contribution in [0.25, 0.3) is 0 Å². The SMILES string of the molecule is CCCn1nncc1C(NN)C1CCCS1. The standard InChI is InChI=1S/C10H19N5S/c1-2-5-15-8(7-12-14-15)10(13-11)9-4-3-6-16-9/h7,9-10,13H,2-6,11H2,1H3. The lowest BCUT2D eigenvalue weighted by Gasteiger charge is -2.22. The molecular formula is C10H19N5S. The zero-order chi connectivity index (χ0) is 11.4. The van der Waals surface area contributed by atoms with Gasteiger partial charge in [-0.2, -0.15) is 11.8 Å². The molecule has 2 heterocycles. The van der Waals surface area contributed by atoms with Crippen LogP contribution in [0.3, 0.4) is 0 Å². The Labute approximate surface area is 100 Å². The van der Waals surface area contributed by atoms with Crippen LogP contribution >= 0.6 is 11.8 Å². The van der Waals surface area contributed by atoms with Crippen LogP contribution in [0, 0.1) is 0 Å². The van der Waals surface area contributed by atoms with Crippen molar-refractivity contribution in [2.24, 2.45) is 5.84 Å².